The minimum atomic E-state index is 0.605. The molecule has 0 N–H and O–H groups in total. The van der Waals surface area contributed by atoms with E-state index in [0.717, 1.165) is 44.0 Å². The normalized spacial score (nSPS) is 12.0. The van der Waals surface area contributed by atoms with E-state index in [1.807, 2.05) is 65.9 Å². The second-order valence-electron chi connectivity index (χ2n) is 12.8. The summed E-state index contributed by atoms with van der Waals surface area (Å²) in [6.07, 6.45) is 0. The van der Waals surface area contributed by atoms with Crippen molar-refractivity contribution >= 4 is 85.8 Å². The van der Waals surface area contributed by atoms with Gasteiger partial charge in [-0.15, -0.1) is 11.3 Å². The van der Waals surface area contributed by atoms with E-state index in [9.17, 15) is 0 Å². The summed E-state index contributed by atoms with van der Waals surface area (Å²) in [5.74, 6) is 1.87. The van der Waals surface area contributed by atoms with Crippen molar-refractivity contribution in [1.82, 2.24) is 15.0 Å². The van der Waals surface area contributed by atoms with Gasteiger partial charge in [-0.25, -0.2) is 15.0 Å². The minimum absolute atomic E-state index is 0.605. The van der Waals surface area contributed by atoms with E-state index in [1.54, 1.807) is 0 Å². The lowest BCUT2D eigenvalue weighted by molar-refractivity contribution is 0.669. The molecule has 0 spiro atoms. The van der Waals surface area contributed by atoms with Gasteiger partial charge in [-0.3, -0.25) is 0 Å². The van der Waals surface area contributed by atoms with Gasteiger partial charge in [0.1, 0.15) is 11.2 Å². The molecule has 3 heterocycles. The van der Waals surface area contributed by atoms with Crippen molar-refractivity contribution in [3.8, 4) is 34.2 Å². The highest BCUT2D eigenvalue weighted by Gasteiger charge is 2.17. The molecular formula is C45H25N3OS. The Balaban J connectivity index is 1.12. The number of rotatable bonds is 3. The molecule has 0 saturated carbocycles. The Bertz CT molecular complexity index is 3160. The average molecular weight is 656 g/mol. The van der Waals surface area contributed by atoms with E-state index >= 15 is 0 Å². The number of thiophene rings is 1. The number of aromatic nitrogens is 3. The van der Waals surface area contributed by atoms with Gasteiger partial charge >= 0.3 is 0 Å². The molecule has 0 aliphatic heterocycles. The van der Waals surface area contributed by atoms with Gasteiger partial charge in [0.15, 0.2) is 17.5 Å². The van der Waals surface area contributed by atoms with Gasteiger partial charge in [-0.2, -0.15) is 0 Å². The largest absolute Gasteiger partial charge is 0.456 e. The summed E-state index contributed by atoms with van der Waals surface area (Å²) >= 11 is 1.88. The molecule has 50 heavy (non-hydrogen) atoms. The number of furan rings is 1. The lowest BCUT2D eigenvalue weighted by atomic mass is 9.94. The maximum absolute atomic E-state index is 6.23. The molecule has 0 fully saturated rings. The smallest absolute Gasteiger partial charge is 0.164 e. The van der Waals surface area contributed by atoms with Gasteiger partial charge < -0.3 is 4.42 Å². The summed E-state index contributed by atoms with van der Waals surface area (Å²) in [4.78, 5) is 15.1. The van der Waals surface area contributed by atoms with Crippen molar-refractivity contribution in [2.75, 3.05) is 0 Å². The Kier molecular flexibility index (Phi) is 5.80. The van der Waals surface area contributed by atoms with Crippen LogP contribution < -0.4 is 0 Å². The maximum Gasteiger partial charge on any atom is 0.164 e. The molecule has 0 bridgehead atoms. The summed E-state index contributed by atoms with van der Waals surface area (Å²) < 4.78 is 8.88. The SMILES string of the molecule is c1ccc(-c2nc(-c3ccc4c(ccc5ccc6ccc7c8ccccc8sc7c6c54)c3)nc(-c3ccc4c(c3)oc3ccccc34)n2)cc1. The molecule has 4 nitrogen and oxygen atoms in total. The van der Waals surface area contributed by atoms with E-state index < -0.39 is 0 Å². The van der Waals surface area contributed by atoms with Gasteiger partial charge in [0, 0.05) is 53.0 Å². The zero-order valence-electron chi connectivity index (χ0n) is 26.6. The maximum atomic E-state index is 6.23. The first-order valence-corrected chi connectivity index (χ1v) is 17.5. The van der Waals surface area contributed by atoms with Gasteiger partial charge in [0.25, 0.3) is 0 Å². The second kappa shape index (κ2) is 10.5. The molecule has 0 atom stereocenters. The van der Waals surface area contributed by atoms with Crippen LogP contribution in [0.15, 0.2) is 156 Å². The Labute approximate surface area is 289 Å². The lowest BCUT2D eigenvalue weighted by Gasteiger charge is -2.12. The highest BCUT2D eigenvalue weighted by Crippen LogP contribution is 2.43. The molecule has 232 valence electrons. The monoisotopic (exact) mass is 655 g/mol. The third-order valence-electron chi connectivity index (χ3n) is 9.89. The highest BCUT2D eigenvalue weighted by atomic mass is 32.1. The fraction of sp³-hybridized carbons (Fsp3) is 0. The van der Waals surface area contributed by atoms with E-state index in [0.29, 0.717) is 17.5 Å². The van der Waals surface area contributed by atoms with Gasteiger partial charge in [-0.05, 0) is 57.3 Å². The molecule has 0 amide bonds. The van der Waals surface area contributed by atoms with Crippen molar-refractivity contribution < 1.29 is 4.42 Å². The van der Waals surface area contributed by atoms with Crippen LogP contribution in [0.5, 0.6) is 0 Å². The Morgan fingerprint density at radius 3 is 1.78 bits per heavy atom. The second-order valence-corrected chi connectivity index (χ2v) is 13.8. The summed E-state index contributed by atoms with van der Waals surface area (Å²) in [5, 5.41) is 12.2. The number of nitrogens with zero attached hydrogens (tertiary/aromatic N) is 3. The van der Waals surface area contributed by atoms with Crippen LogP contribution in [0.1, 0.15) is 0 Å². The standard InChI is InChI=1S/C45H25N3OS/c1-2-8-28(9-3-1)43-46-44(48-45(47-43)31-20-22-34-33-10-4-6-12-37(33)49-38(34)25-31)30-19-21-32-29(24-30)17-16-26-14-15-27-18-23-36-35-11-5-7-13-39(35)50-42(36)41(27)40(26)32/h1-25H. The van der Waals surface area contributed by atoms with Crippen LogP contribution in [0.2, 0.25) is 0 Å². The number of para-hydroxylation sites is 1. The third kappa shape index (κ3) is 4.14. The lowest BCUT2D eigenvalue weighted by Crippen LogP contribution is -2.00. The zero-order chi connectivity index (χ0) is 32.8. The van der Waals surface area contributed by atoms with Crippen molar-refractivity contribution in [3.63, 3.8) is 0 Å². The van der Waals surface area contributed by atoms with Crippen molar-refractivity contribution in [2.45, 2.75) is 0 Å². The molecule has 0 radical (unpaired) electrons. The molecule has 11 rings (SSSR count). The van der Waals surface area contributed by atoms with Crippen LogP contribution in [0.25, 0.3) is 109 Å². The van der Waals surface area contributed by atoms with E-state index in [2.05, 4.69) is 97.1 Å². The summed E-state index contributed by atoms with van der Waals surface area (Å²) in [6, 6.07) is 53.3. The van der Waals surface area contributed by atoms with Crippen molar-refractivity contribution in [3.05, 3.63) is 152 Å². The summed E-state index contributed by atoms with van der Waals surface area (Å²) in [5.41, 5.74) is 4.43. The van der Waals surface area contributed by atoms with Crippen molar-refractivity contribution in [2.24, 2.45) is 0 Å². The number of fused-ring (bicyclic) bond motifs is 12. The van der Waals surface area contributed by atoms with Gasteiger partial charge in [0.2, 0.25) is 0 Å². The fourth-order valence-electron chi connectivity index (χ4n) is 7.50. The topological polar surface area (TPSA) is 51.8 Å². The first-order valence-electron chi connectivity index (χ1n) is 16.7. The molecule has 0 aliphatic rings. The average Bonchev–Trinajstić information content (AvgIpc) is 3.75. The molecule has 3 aromatic heterocycles. The Morgan fingerprint density at radius 1 is 0.380 bits per heavy atom. The Morgan fingerprint density at radius 2 is 0.960 bits per heavy atom. The number of hydrogen-bond acceptors (Lipinski definition) is 5. The fourth-order valence-corrected chi connectivity index (χ4v) is 8.76. The van der Waals surface area contributed by atoms with E-state index in [4.69, 9.17) is 19.4 Å². The van der Waals surface area contributed by atoms with Crippen LogP contribution in [-0.2, 0) is 0 Å². The van der Waals surface area contributed by atoms with Crippen LogP contribution in [0.4, 0.5) is 0 Å². The van der Waals surface area contributed by atoms with Crippen molar-refractivity contribution in [1.29, 1.82) is 0 Å². The van der Waals surface area contributed by atoms with Crippen LogP contribution >= 0.6 is 11.3 Å². The van der Waals surface area contributed by atoms with E-state index in [-0.39, 0.29) is 0 Å². The van der Waals surface area contributed by atoms with Crippen LogP contribution in [-0.4, -0.2) is 15.0 Å². The molecule has 11 aromatic rings. The molecule has 0 unspecified atom stereocenters. The number of benzene rings is 8. The van der Waals surface area contributed by atoms with Gasteiger partial charge in [-0.1, -0.05) is 121 Å². The highest BCUT2D eigenvalue weighted by molar-refractivity contribution is 7.26. The molecule has 0 saturated heterocycles. The first kappa shape index (κ1) is 27.5. The summed E-state index contributed by atoms with van der Waals surface area (Å²) in [6.45, 7) is 0. The number of hydrogen-bond donors (Lipinski definition) is 0. The molecule has 5 heteroatoms. The molecule has 8 aromatic carbocycles. The predicted octanol–water partition coefficient (Wildman–Crippen LogP) is 12.6. The van der Waals surface area contributed by atoms with Crippen LogP contribution in [0, 0.1) is 0 Å². The van der Waals surface area contributed by atoms with E-state index in [1.165, 1.54) is 47.1 Å². The Hall–Kier alpha value is -6.43. The van der Waals surface area contributed by atoms with Crippen LogP contribution in [0.3, 0.4) is 0 Å². The molecular weight excluding hydrogens is 631 g/mol. The predicted molar refractivity (Wildman–Crippen MR) is 209 cm³/mol. The van der Waals surface area contributed by atoms with Gasteiger partial charge in [0.05, 0.1) is 0 Å². The first-order chi connectivity index (χ1) is 24.7. The quantitative estimate of drug-likeness (QED) is 0.178. The summed E-state index contributed by atoms with van der Waals surface area (Å²) in [7, 11) is 0. The molecule has 0 aliphatic carbocycles. The third-order valence-corrected chi connectivity index (χ3v) is 11.1. The zero-order valence-corrected chi connectivity index (χ0v) is 27.4. The minimum Gasteiger partial charge on any atom is -0.456 e.